The molecule has 0 radical (unpaired) electrons. The molecule has 0 bridgehead atoms. The van der Waals surface area contributed by atoms with Crippen molar-refractivity contribution in [3.63, 3.8) is 0 Å². The Morgan fingerprint density at radius 3 is 2.35 bits per heavy atom. The summed E-state index contributed by atoms with van der Waals surface area (Å²) in [5.74, 6) is 1.41. The average Bonchev–Trinajstić information content (AvgIpc) is 2.82. The highest BCUT2D eigenvalue weighted by Crippen LogP contribution is 2.31. The summed E-state index contributed by atoms with van der Waals surface area (Å²) in [5, 5.41) is 3.23. The Hall–Kier alpha value is -4.05. The van der Waals surface area contributed by atoms with E-state index in [1.165, 1.54) is 16.8 Å². The second-order valence-corrected chi connectivity index (χ2v) is 7.34. The first kappa shape index (κ1) is 18.9. The van der Waals surface area contributed by atoms with E-state index < -0.39 is 5.63 Å². The Bertz CT molecular complexity index is 1430. The molecule has 0 aliphatic carbocycles. The van der Waals surface area contributed by atoms with Crippen molar-refractivity contribution < 1.29 is 13.9 Å². The first-order chi connectivity index (χ1) is 15.2. The second kappa shape index (κ2) is 8.00. The molecular weight excluding hydrogens is 388 g/mol. The predicted octanol–water partition coefficient (Wildman–Crippen LogP) is 6.20. The normalized spacial score (nSPS) is 11.0. The molecule has 152 valence electrons. The van der Waals surface area contributed by atoms with Gasteiger partial charge in [-0.2, -0.15) is 0 Å². The van der Waals surface area contributed by atoms with Crippen molar-refractivity contribution in [3.8, 4) is 22.6 Å². The smallest absolute Gasteiger partial charge is 0.336 e. The number of benzene rings is 4. The fourth-order valence-electron chi connectivity index (χ4n) is 3.74. The van der Waals surface area contributed by atoms with Gasteiger partial charge in [0.2, 0.25) is 0 Å². The molecule has 0 saturated heterocycles. The molecule has 1 heterocycles. The van der Waals surface area contributed by atoms with Gasteiger partial charge < -0.3 is 13.9 Å². The molecule has 0 spiro atoms. The van der Waals surface area contributed by atoms with Gasteiger partial charge in [0, 0.05) is 17.5 Å². The molecule has 4 heteroatoms. The Morgan fingerprint density at radius 2 is 1.55 bits per heavy atom. The van der Waals surface area contributed by atoms with Gasteiger partial charge in [0.05, 0.1) is 7.11 Å². The molecular formula is C27H20O4. The van der Waals surface area contributed by atoms with E-state index in [-0.39, 0.29) is 0 Å². The molecule has 5 rings (SSSR count). The number of hydrogen-bond donors (Lipinski definition) is 0. The molecule has 0 N–H and O–H groups in total. The van der Waals surface area contributed by atoms with Crippen molar-refractivity contribution in [2.45, 2.75) is 6.61 Å². The van der Waals surface area contributed by atoms with Gasteiger partial charge in [-0.05, 0) is 57.8 Å². The van der Waals surface area contributed by atoms with Crippen LogP contribution in [-0.2, 0) is 6.61 Å². The molecule has 1 aromatic heterocycles. The van der Waals surface area contributed by atoms with Crippen molar-refractivity contribution in [2.24, 2.45) is 0 Å². The maximum Gasteiger partial charge on any atom is 0.336 e. The van der Waals surface area contributed by atoms with E-state index in [4.69, 9.17) is 13.9 Å². The predicted molar refractivity (Wildman–Crippen MR) is 123 cm³/mol. The first-order valence-corrected chi connectivity index (χ1v) is 10.0. The highest BCUT2D eigenvalue weighted by molar-refractivity contribution is 5.93. The van der Waals surface area contributed by atoms with E-state index in [0.29, 0.717) is 17.9 Å². The fraction of sp³-hybridized carbons (Fsp3) is 0.0741. The third-order valence-corrected chi connectivity index (χ3v) is 5.34. The maximum atomic E-state index is 12.2. The molecule has 0 amide bonds. The van der Waals surface area contributed by atoms with E-state index in [1.54, 1.807) is 13.2 Å². The van der Waals surface area contributed by atoms with E-state index in [2.05, 4.69) is 30.3 Å². The molecule has 0 atom stereocenters. The minimum absolute atomic E-state index is 0.398. The number of fused-ring (bicyclic) bond motifs is 2. The van der Waals surface area contributed by atoms with Crippen LogP contribution in [0.3, 0.4) is 0 Å². The molecule has 5 aromatic rings. The van der Waals surface area contributed by atoms with Crippen LogP contribution >= 0.6 is 0 Å². The first-order valence-electron chi connectivity index (χ1n) is 10.0. The minimum atomic E-state index is -0.398. The minimum Gasteiger partial charge on any atom is -0.497 e. The van der Waals surface area contributed by atoms with Crippen LogP contribution in [0.2, 0.25) is 0 Å². The van der Waals surface area contributed by atoms with Gasteiger partial charge in [-0.1, -0.05) is 48.5 Å². The molecule has 0 fully saturated rings. The molecule has 0 saturated carbocycles. The highest BCUT2D eigenvalue weighted by Gasteiger charge is 2.10. The number of methoxy groups -OCH3 is 1. The summed E-state index contributed by atoms with van der Waals surface area (Å²) < 4.78 is 16.7. The van der Waals surface area contributed by atoms with Gasteiger partial charge in [-0.3, -0.25) is 0 Å². The lowest BCUT2D eigenvalue weighted by molar-refractivity contribution is 0.306. The summed E-state index contributed by atoms with van der Waals surface area (Å²) in [6.07, 6.45) is 0. The van der Waals surface area contributed by atoms with Gasteiger partial charge in [-0.25, -0.2) is 4.79 Å². The van der Waals surface area contributed by atoms with Gasteiger partial charge in [0.15, 0.2) is 0 Å². The van der Waals surface area contributed by atoms with Crippen molar-refractivity contribution >= 4 is 21.7 Å². The molecule has 4 nitrogen and oxygen atoms in total. The Kier molecular flexibility index (Phi) is 4.89. The lowest BCUT2D eigenvalue weighted by Crippen LogP contribution is -1.99. The molecule has 0 aliphatic heterocycles. The van der Waals surface area contributed by atoms with E-state index >= 15 is 0 Å². The number of hydrogen-bond acceptors (Lipinski definition) is 4. The SMILES string of the molecule is COc1ccc(-c2cc(=O)oc3cc(OCc4ccc5ccccc5c4)ccc23)cc1. The summed E-state index contributed by atoms with van der Waals surface area (Å²) in [5.41, 5.74) is 2.91. The van der Waals surface area contributed by atoms with Crippen LogP contribution in [0, 0.1) is 0 Å². The zero-order chi connectivity index (χ0) is 21.2. The maximum absolute atomic E-state index is 12.2. The third kappa shape index (κ3) is 3.88. The zero-order valence-electron chi connectivity index (χ0n) is 17.0. The quantitative estimate of drug-likeness (QED) is 0.325. The van der Waals surface area contributed by atoms with Crippen LogP contribution in [0.1, 0.15) is 5.56 Å². The van der Waals surface area contributed by atoms with Crippen LogP contribution in [0.5, 0.6) is 11.5 Å². The summed E-state index contributed by atoms with van der Waals surface area (Å²) in [6.45, 7) is 0.429. The van der Waals surface area contributed by atoms with Gasteiger partial charge in [-0.15, -0.1) is 0 Å². The standard InChI is InChI=1S/C27H20O4/c1-29-22-10-8-20(9-11-22)25-16-27(28)31-26-15-23(12-13-24(25)26)30-17-18-6-7-19-4-2-3-5-21(19)14-18/h2-16H,17H2,1H3. The van der Waals surface area contributed by atoms with Crippen molar-refractivity contribution in [1.82, 2.24) is 0 Å². The van der Waals surface area contributed by atoms with Crippen LogP contribution in [0.4, 0.5) is 0 Å². The highest BCUT2D eigenvalue weighted by atomic mass is 16.5. The average molecular weight is 408 g/mol. The van der Waals surface area contributed by atoms with Crippen LogP contribution in [0.25, 0.3) is 32.9 Å². The van der Waals surface area contributed by atoms with E-state index in [0.717, 1.165) is 27.8 Å². The monoisotopic (exact) mass is 408 g/mol. The van der Waals surface area contributed by atoms with Crippen LogP contribution < -0.4 is 15.1 Å². The molecule has 31 heavy (non-hydrogen) atoms. The largest absolute Gasteiger partial charge is 0.497 e. The Labute approximate surface area is 179 Å². The van der Waals surface area contributed by atoms with E-state index in [9.17, 15) is 4.79 Å². The number of rotatable bonds is 5. The summed E-state index contributed by atoms with van der Waals surface area (Å²) in [4.78, 5) is 12.2. The van der Waals surface area contributed by atoms with Gasteiger partial charge in [0.1, 0.15) is 23.7 Å². The summed E-state index contributed by atoms with van der Waals surface area (Å²) in [6, 6.07) is 29.2. The number of ether oxygens (including phenoxy) is 2. The van der Waals surface area contributed by atoms with E-state index in [1.807, 2.05) is 48.5 Å². The van der Waals surface area contributed by atoms with Crippen molar-refractivity contribution in [1.29, 1.82) is 0 Å². The molecule has 4 aromatic carbocycles. The van der Waals surface area contributed by atoms with Gasteiger partial charge in [0.25, 0.3) is 0 Å². The van der Waals surface area contributed by atoms with Crippen LogP contribution in [-0.4, -0.2) is 7.11 Å². The second-order valence-electron chi connectivity index (χ2n) is 7.34. The van der Waals surface area contributed by atoms with Crippen molar-refractivity contribution in [2.75, 3.05) is 7.11 Å². The lowest BCUT2D eigenvalue weighted by Gasteiger charge is -2.10. The topological polar surface area (TPSA) is 48.7 Å². The third-order valence-electron chi connectivity index (χ3n) is 5.34. The van der Waals surface area contributed by atoms with Crippen molar-refractivity contribution in [3.05, 3.63) is 107 Å². The lowest BCUT2D eigenvalue weighted by atomic mass is 10.0. The van der Waals surface area contributed by atoms with Crippen LogP contribution in [0.15, 0.2) is 100 Å². The molecule has 0 aliphatic rings. The molecule has 0 unspecified atom stereocenters. The Morgan fingerprint density at radius 1 is 0.774 bits per heavy atom. The zero-order valence-corrected chi connectivity index (χ0v) is 17.0. The summed E-state index contributed by atoms with van der Waals surface area (Å²) in [7, 11) is 1.63. The Balaban J connectivity index is 1.44. The summed E-state index contributed by atoms with van der Waals surface area (Å²) >= 11 is 0. The van der Waals surface area contributed by atoms with Gasteiger partial charge >= 0.3 is 5.63 Å². The fourth-order valence-corrected chi connectivity index (χ4v) is 3.74.